The molecule has 1 aliphatic carbocycles. The van der Waals surface area contributed by atoms with Crippen LogP contribution in [0.25, 0.3) is 0 Å². The van der Waals surface area contributed by atoms with E-state index < -0.39 is 5.97 Å². The zero-order valence-corrected chi connectivity index (χ0v) is 12.9. The van der Waals surface area contributed by atoms with Crippen LogP contribution in [0.1, 0.15) is 58.8 Å². The fourth-order valence-corrected chi connectivity index (χ4v) is 3.82. The molecule has 0 bridgehead atoms. The number of hydrogen-bond donors (Lipinski definition) is 1. The van der Waals surface area contributed by atoms with Gasteiger partial charge in [-0.05, 0) is 31.1 Å². The molecule has 2 rings (SSSR count). The van der Waals surface area contributed by atoms with Crippen molar-refractivity contribution in [1.82, 2.24) is 4.90 Å². The van der Waals surface area contributed by atoms with Gasteiger partial charge in [0, 0.05) is 19.1 Å². The standard InChI is InChI=1S/C16H29NO3/c1-16(2)9-4-3-5-14(16)17-10-6-13(7-11-17)20-12-8-15(18)19/h13-14H,3-12H2,1-2H3,(H,18,19). The smallest absolute Gasteiger partial charge is 0.305 e. The number of piperidine rings is 1. The third-order valence-electron chi connectivity index (χ3n) is 5.04. The summed E-state index contributed by atoms with van der Waals surface area (Å²) in [6.07, 6.45) is 7.89. The highest BCUT2D eigenvalue weighted by Crippen LogP contribution is 2.39. The van der Waals surface area contributed by atoms with Crippen LogP contribution in [0.4, 0.5) is 0 Å². The lowest BCUT2D eigenvalue weighted by Crippen LogP contribution is -2.51. The first-order valence-electron chi connectivity index (χ1n) is 8.06. The predicted octanol–water partition coefficient (Wildman–Crippen LogP) is 2.91. The fraction of sp³-hybridized carbons (Fsp3) is 0.938. The molecule has 0 aromatic rings. The largest absolute Gasteiger partial charge is 0.481 e. The summed E-state index contributed by atoms with van der Waals surface area (Å²) in [6.45, 7) is 7.38. The summed E-state index contributed by atoms with van der Waals surface area (Å²) in [6, 6.07) is 0.719. The van der Waals surface area contributed by atoms with Gasteiger partial charge in [-0.3, -0.25) is 9.69 Å². The summed E-state index contributed by atoms with van der Waals surface area (Å²) in [5.41, 5.74) is 0.440. The Labute approximate surface area is 122 Å². The molecule has 1 saturated carbocycles. The van der Waals surface area contributed by atoms with E-state index in [9.17, 15) is 4.79 Å². The third kappa shape index (κ3) is 4.19. The molecule has 0 amide bonds. The number of carbonyl (C=O) groups is 1. The maximum Gasteiger partial charge on any atom is 0.305 e. The van der Waals surface area contributed by atoms with Crippen LogP contribution in [0.15, 0.2) is 0 Å². The van der Waals surface area contributed by atoms with Gasteiger partial charge in [0.15, 0.2) is 0 Å². The number of ether oxygens (including phenoxy) is 1. The van der Waals surface area contributed by atoms with Crippen LogP contribution in [-0.2, 0) is 9.53 Å². The highest BCUT2D eigenvalue weighted by Gasteiger charge is 2.37. The first-order valence-corrected chi connectivity index (χ1v) is 8.06. The molecule has 1 saturated heterocycles. The van der Waals surface area contributed by atoms with Crippen molar-refractivity contribution in [1.29, 1.82) is 0 Å². The molecule has 20 heavy (non-hydrogen) atoms. The van der Waals surface area contributed by atoms with Crippen LogP contribution in [0.2, 0.25) is 0 Å². The number of carboxylic acids is 1. The normalized spacial score (nSPS) is 28.4. The second kappa shape index (κ2) is 6.90. The van der Waals surface area contributed by atoms with Gasteiger partial charge >= 0.3 is 5.97 Å². The SMILES string of the molecule is CC1(C)CCCCC1N1CCC(OCCC(=O)O)CC1. The first kappa shape index (κ1) is 15.8. The molecule has 1 heterocycles. The molecule has 1 unspecified atom stereocenters. The number of rotatable bonds is 5. The van der Waals surface area contributed by atoms with E-state index in [0.717, 1.165) is 32.0 Å². The fourth-order valence-electron chi connectivity index (χ4n) is 3.82. The molecular formula is C16H29NO3. The summed E-state index contributed by atoms with van der Waals surface area (Å²) >= 11 is 0. The van der Waals surface area contributed by atoms with E-state index in [0.29, 0.717) is 12.0 Å². The van der Waals surface area contributed by atoms with Gasteiger partial charge in [-0.15, -0.1) is 0 Å². The van der Waals surface area contributed by atoms with Crippen LogP contribution in [0, 0.1) is 5.41 Å². The van der Waals surface area contributed by atoms with Crippen molar-refractivity contribution in [2.45, 2.75) is 70.9 Å². The average Bonchev–Trinajstić information content (AvgIpc) is 2.39. The van der Waals surface area contributed by atoms with Crippen LogP contribution in [0.5, 0.6) is 0 Å². The van der Waals surface area contributed by atoms with Crippen molar-refractivity contribution in [3.63, 3.8) is 0 Å². The van der Waals surface area contributed by atoms with Gasteiger partial charge in [0.2, 0.25) is 0 Å². The van der Waals surface area contributed by atoms with Crippen molar-refractivity contribution >= 4 is 5.97 Å². The summed E-state index contributed by atoms with van der Waals surface area (Å²) in [5.74, 6) is -0.772. The monoisotopic (exact) mass is 283 g/mol. The molecule has 1 aliphatic heterocycles. The highest BCUT2D eigenvalue weighted by atomic mass is 16.5. The lowest BCUT2D eigenvalue weighted by atomic mass is 9.72. The molecule has 0 aromatic carbocycles. The first-order chi connectivity index (χ1) is 9.49. The quantitative estimate of drug-likeness (QED) is 0.843. The zero-order chi connectivity index (χ0) is 14.6. The maximum atomic E-state index is 10.5. The van der Waals surface area contributed by atoms with Gasteiger partial charge in [-0.2, -0.15) is 0 Å². The molecule has 1 N–H and O–H groups in total. The molecule has 2 fully saturated rings. The van der Waals surface area contributed by atoms with Crippen LogP contribution in [0.3, 0.4) is 0 Å². The summed E-state index contributed by atoms with van der Waals surface area (Å²) in [7, 11) is 0. The Morgan fingerprint density at radius 3 is 2.55 bits per heavy atom. The molecule has 1 atom stereocenters. The Morgan fingerprint density at radius 2 is 1.95 bits per heavy atom. The van der Waals surface area contributed by atoms with Crippen molar-refractivity contribution in [3.05, 3.63) is 0 Å². The van der Waals surface area contributed by atoms with E-state index in [1.54, 1.807) is 0 Å². The van der Waals surface area contributed by atoms with Gasteiger partial charge in [-0.25, -0.2) is 0 Å². The Bertz CT molecular complexity index is 322. The van der Waals surface area contributed by atoms with E-state index in [2.05, 4.69) is 18.7 Å². The topological polar surface area (TPSA) is 49.8 Å². The predicted molar refractivity (Wildman–Crippen MR) is 78.8 cm³/mol. The second-order valence-corrected chi connectivity index (χ2v) is 7.00. The van der Waals surface area contributed by atoms with Gasteiger partial charge in [0.25, 0.3) is 0 Å². The van der Waals surface area contributed by atoms with Crippen molar-refractivity contribution in [2.24, 2.45) is 5.41 Å². The maximum absolute atomic E-state index is 10.5. The Morgan fingerprint density at radius 1 is 1.25 bits per heavy atom. The van der Waals surface area contributed by atoms with E-state index in [-0.39, 0.29) is 12.5 Å². The summed E-state index contributed by atoms with van der Waals surface area (Å²) < 4.78 is 5.67. The minimum Gasteiger partial charge on any atom is -0.481 e. The van der Waals surface area contributed by atoms with Gasteiger partial charge in [-0.1, -0.05) is 26.7 Å². The number of nitrogens with zero attached hydrogens (tertiary/aromatic N) is 1. The Balaban J connectivity index is 1.74. The third-order valence-corrected chi connectivity index (χ3v) is 5.04. The molecule has 4 nitrogen and oxygen atoms in total. The van der Waals surface area contributed by atoms with Crippen molar-refractivity contribution < 1.29 is 14.6 Å². The van der Waals surface area contributed by atoms with Crippen molar-refractivity contribution in [2.75, 3.05) is 19.7 Å². The van der Waals surface area contributed by atoms with Gasteiger partial charge in [0.05, 0.1) is 19.1 Å². The number of hydrogen-bond acceptors (Lipinski definition) is 3. The Kier molecular flexibility index (Phi) is 5.44. The number of carboxylic acid groups (broad SMARTS) is 1. The molecule has 116 valence electrons. The molecule has 4 heteroatoms. The van der Waals surface area contributed by atoms with Crippen LogP contribution >= 0.6 is 0 Å². The highest BCUT2D eigenvalue weighted by molar-refractivity contribution is 5.66. The lowest BCUT2D eigenvalue weighted by Gasteiger charge is -2.47. The molecule has 2 aliphatic rings. The van der Waals surface area contributed by atoms with Crippen molar-refractivity contribution in [3.8, 4) is 0 Å². The van der Waals surface area contributed by atoms with E-state index >= 15 is 0 Å². The molecule has 0 radical (unpaired) electrons. The van der Waals surface area contributed by atoms with Crippen LogP contribution in [-0.4, -0.2) is 47.8 Å². The van der Waals surface area contributed by atoms with E-state index in [4.69, 9.17) is 9.84 Å². The zero-order valence-electron chi connectivity index (χ0n) is 12.9. The van der Waals surface area contributed by atoms with Gasteiger partial charge in [0.1, 0.15) is 0 Å². The minimum atomic E-state index is -0.772. The number of aliphatic carboxylic acids is 1. The summed E-state index contributed by atoms with van der Waals surface area (Å²) in [4.78, 5) is 13.1. The molecule has 0 aromatic heterocycles. The minimum absolute atomic E-state index is 0.121. The Hall–Kier alpha value is -0.610. The lowest BCUT2D eigenvalue weighted by molar-refractivity contribution is -0.139. The molecule has 0 spiro atoms. The number of likely N-dealkylation sites (tertiary alicyclic amines) is 1. The summed E-state index contributed by atoms with van der Waals surface area (Å²) in [5, 5.41) is 8.62. The van der Waals surface area contributed by atoms with Gasteiger partial charge < -0.3 is 9.84 Å². The van der Waals surface area contributed by atoms with E-state index in [1.165, 1.54) is 25.7 Å². The second-order valence-electron chi connectivity index (χ2n) is 7.00. The van der Waals surface area contributed by atoms with Crippen LogP contribution < -0.4 is 0 Å². The molecular weight excluding hydrogens is 254 g/mol. The average molecular weight is 283 g/mol. The van der Waals surface area contributed by atoms with E-state index in [1.807, 2.05) is 0 Å².